The zero-order chi connectivity index (χ0) is 18.7. The van der Waals surface area contributed by atoms with E-state index in [0.717, 1.165) is 5.69 Å². The predicted octanol–water partition coefficient (Wildman–Crippen LogP) is 2.79. The third-order valence-corrected chi connectivity index (χ3v) is 4.12. The van der Waals surface area contributed by atoms with Gasteiger partial charge in [0, 0.05) is 43.6 Å². The molecule has 26 heavy (non-hydrogen) atoms. The Kier molecular flexibility index (Phi) is 5.06. The Hall–Kier alpha value is -2.70. The van der Waals surface area contributed by atoms with Crippen molar-refractivity contribution in [3.05, 3.63) is 48.0 Å². The van der Waals surface area contributed by atoms with Crippen LogP contribution >= 0.6 is 0 Å². The van der Waals surface area contributed by atoms with E-state index in [-0.39, 0.29) is 17.3 Å². The highest BCUT2D eigenvalue weighted by atomic mass is 19.1. The normalized spacial score (nSPS) is 15.1. The van der Waals surface area contributed by atoms with E-state index in [9.17, 15) is 9.18 Å². The van der Waals surface area contributed by atoms with Crippen molar-refractivity contribution in [1.82, 2.24) is 14.9 Å². The lowest BCUT2D eigenvalue weighted by atomic mass is 10.1. The molecule has 1 amide bonds. The quantitative estimate of drug-likeness (QED) is 0.915. The Bertz CT molecular complexity index is 764. The molecule has 0 spiro atoms. The number of nitrogens with zero attached hydrogens (tertiary/aromatic N) is 4. The molecule has 0 radical (unpaired) electrons. The van der Waals surface area contributed by atoms with Gasteiger partial charge in [0.2, 0.25) is 5.95 Å². The lowest BCUT2D eigenvalue weighted by molar-refractivity contribution is 0.0740. The van der Waals surface area contributed by atoms with Crippen LogP contribution in [0.2, 0.25) is 0 Å². The molecular weight excluding hydrogens is 333 g/mol. The summed E-state index contributed by atoms with van der Waals surface area (Å²) in [6.07, 6.45) is 1.60. The molecule has 138 valence electrons. The third-order valence-electron chi connectivity index (χ3n) is 4.12. The van der Waals surface area contributed by atoms with Gasteiger partial charge in [-0.05, 0) is 51.1 Å². The Morgan fingerprint density at radius 3 is 2.35 bits per heavy atom. The number of hydrogen-bond donors (Lipinski definition) is 1. The van der Waals surface area contributed by atoms with Gasteiger partial charge in [0.05, 0.1) is 0 Å². The van der Waals surface area contributed by atoms with Crippen LogP contribution in [0.1, 0.15) is 31.3 Å². The van der Waals surface area contributed by atoms with E-state index < -0.39 is 0 Å². The van der Waals surface area contributed by atoms with Crippen molar-refractivity contribution in [2.45, 2.75) is 26.3 Å². The Labute approximate surface area is 153 Å². The fraction of sp³-hybridized carbons (Fsp3) is 0.421. The number of halogens is 1. The Morgan fingerprint density at radius 2 is 1.73 bits per heavy atom. The molecular formula is C19H24FN5O. The van der Waals surface area contributed by atoms with E-state index in [0.29, 0.717) is 37.8 Å². The molecule has 1 saturated heterocycles. The van der Waals surface area contributed by atoms with Gasteiger partial charge >= 0.3 is 0 Å². The number of hydrogen-bond acceptors (Lipinski definition) is 5. The van der Waals surface area contributed by atoms with Gasteiger partial charge in [-0.15, -0.1) is 0 Å². The van der Waals surface area contributed by atoms with Crippen molar-refractivity contribution in [3.8, 4) is 0 Å². The lowest BCUT2D eigenvalue weighted by Crippen LogP contribution is -2.49. The molecule has 0 atom stereocenters. The van der Waals surface area contributed by atoms with Crippen molar-refractivity contribution >= 4 is 17.5 Å². The first-order valence-corrected chi connectivity index (χ1v) is 8.73. The summed E-state index contributed by atoms with van der Waals surface area (Å²) in [7, 11) is 0. The van der Waals surface area contributed by atoms with Crippen LogP contribution < -0.4 is 10.2 Å². The van der Waals surface area contributed by atoms with Crippen LogP contribution in [0.3, 0.4) is 0 Å². The van der Waals surface area contributed by atoms with Gasteiger partial charge in [-0.25, -0.2) is 14.4 Å². The zero-order valence-electron chi connectivity index (χ0n) is 15.4. The molecule has 3 rings (SSSR count). The van der Waals surface area contributed by atoms with Crippen LogP contribution in [0.5, 0.6) is 0 Å². The van der Waals surface area contributed by atoms with E-state index in [1.54, 1.807) is 29.3 Å². The summed E-state index contributed by atoms with van der Waals surface area (Å²) >= 11 is 0. The summed E-state index contributed by atoms with van der Waals surface area (Å²) in [6, 6.07) is 8.08. The summed E-state index contributed by atoms with van der Waals surface area (Å²) in [5, 5.41) is 3.18. The number of aromatic nitrogens is 2. The molecule has 0 bridgehead atoms. The van der Waals surface area contributed by atoms with Gasteiger partial charge < -0.3 is 15.1 Å². The molecule has 2 heterocycles. The zero-order valence-corrected chi connectivity index (χ0v) is 15.4. The summed E-state index contributed by atoms with van der Waals surface area (Å²) < 4.78 is 13.1. The van der Waals surface area contributed by atoms with Crippen molar-refractivity contribution < 1.29 is 9.18 Å². The van der Waals surface area contributed by atoms with E-state index in [1.807, 2.05) is 20.8 Å². The number of carbonyl (C=O) groups excluding carboxylic acids is 1. The van der Waals surface area contributed by atoms with Gasteiger partial charge in [-0.2, -0.15) is 0 Å². The average Bonchev–Trinajstić information content (AvgIpc) is 2.61. The topological polar surface area (TPSA) is 61.4 Å². The van der Waals surface area contributed by atoms with Crippen molar-refractivity contribution in [1.29, 1.82) is 0 Å². The molecule has 1 aromatic heterocycles. The highest BCUT2D eigenvalue weighted by molar-refractivity contribution is 5.92. The van der Waals surface area contributed by atoms with E-state index in [4.69, 9.17) is 0 Å². The molecule has 0 unspecified atom stereocenters. The fourth-order valence-corrected chi connectivity index (χ4v) is 2.86. The number of carbonyl (C=O) groups is 1. The average molecular weight is 357 g/mol. The van der Waals surface area contributed by atoms with Gasteiger partial charge in [0.15, 0.2) is 0 Å². The second-order valence-corrected chi connectivity index (χ2v) is 7.40. The first kappa shape index (κ1) is 18.1. The summed E-state index contributed by atoms with van der Waals surface area (Å²) in [5.74, 6) is 0.113. The maximum absolute atomic E-state index is 13.1. The number of benzene rings is 1. The number of amides is 1. The van der Waals surface area contributed by atoms with Crippen molar-refractivity contribution in [2.24, 2.45) is 0 Å². The molecule has 7 heteroatoms. The van der Waals surface area contributed by atoms with Crippen LogP contribution in [0.15, 0.2) is 36.5 Å². The largest absolute Gasteiger partial charge is 0.368 e. The maximum atomic E-state index is 13.1. The predicted molar refractivity (Wildman–Crippen MR) is 99.9 cm³/mol. The van der Waals surface area contributed by atoms with Gasteiger partial charge in [-0.3, -0.25) is 4.79 Å². The molecule has 1 aromatic carbocycles. The van der Waals surface area contributed by atoms with Crippen LogP contribution in [0, 0.1) is 5.82 Å². The first-order valence-electron chi connectivity index (χ1n) is 8.73. The number of piperazine rings is 1. The molecule has 1 fully saturated rings. The van der Waals surface area contributed by atoms with Crippen LogP contribution in [0.25, 0.3) is 0 Å². The second kappa shape index (κ2) is 7.27. The highest BCUT2D eigenvalue weighted by Gasteiger charge is 2.24. The molecule has 6 nitrogen and oxygen atoms in total. The lowest BCUT2D eigenvalue weighted by Gasteiger charge is -2.36. The van der Waals surface area contributed by atoms with E-state index in [2.05, 4.69) is 20.2 Å². The van der Waals surface area contributed by atoms with Crippen molar-refractivity contribution in [2.75, 3.05) is 36.4 Å². The second-order valence-electron chi connectivity index (χ2n) is 7.40. The number of nitrogens with one attached hydrogen (secondary N) is 1. The SMILES string of the molecule is CC(C)(C)Nc1nccc(C(=O)N2CCN(c3ccc(F)cc3)CC2)n1. The third kappa shape index (κ3) is 4.47. The Morgan fingerprint density at radius 1 is 1.08 bits per heavy atom. The standard InChI is InChI=1S/C19H24FN5O/c1-19(2,3)23-18-21-9-8-16(22-18)17(26)25-12-10-24(11-13-25)15-6-4-14(20)5-7-15/h4-9H,10-13H2,1-3H3,(H,21,22,23). The van der Waals surface area contributed by atoms with Gasteiger partial charge in [0.25, 0.3) is 5.91 Å². The molecule has 0 aliphatic carbocycles. The molecule has 2 aromatic rings. The van der Waals surface area contributed by atoms with E-state index in [1.165, 1.54) is 12.1 Å². The molecule has 0 saturated carbocycles. The van der Waals surface area contributed by atoms with Crippen LogP contribution in [-0.4, -0.2) is 52.5 Å². The smallest absolute Gasteiger partial charge is 0.272 e. The van der Waals surface area contributed by atoms with Gasteiger partial charge in [0.1, 0.15) is 11.5 Å². The monoisotopic (exact) mass is 357 g/mol. The van der Waals surface area contributed by atoms with Crippen molar-refractivity contribution in [3.63, 3.8) is 0 Å². The first-order chi connectivity index (χ1) is 12.3. The van der Waals surface area contributed by atoms with Crippen LogP contribution in [0.4, 0.5) is 16.0 Å². The minimum absolute atomic E-state index is 0.0943. The number of rotatable bonds is 3. The van der Waals surface area contributed by atoms with Crippen LogP contribution in [-0.2, 0) is 0 Å². The Balaban J connectivity index is 1.63. The highest BCUT2D eigenvalue weighted by Crippen LogP contribution is 2.18. The summed E-state index contributed by atoms with van der Waals surface area (Å²) in [5.41, 5.74) is 1.18. The molecule has 1 aliphatic heterocycles. The minimum Gasteiger partial charge on any atom is -0.368 e. The number of anilines is 2. The summed E-state index contributed by atoms with van der Waals surface area (Å²) in [6.45, 7) is 8.65. The van der Waals surface area contributed by atoms with Gasteiger partial charge in [-0.1, -0.05) is 0 Å². The minimum atomic E-state index is -0.244. The fourth-order valence-electron chi connectivity index (χ4n) is 2.86. The molecule has 1 aliphatic rings. The molecule has 1 N–H and O–H groups in total. The van der Waals surface area contributed by atoms with E-state index >= 15 is 0 Å². The maximum Gasteiger partial charge on any atom is 0.272 e. The summed E-state index contributed by atoms with van der Waals surface area (Å²) in [4.78, 5) is 25.2.